The molecule has 0 aliphatic heterocycles. The van der Waals surface area contributed by atoms with E-state index in [1.807, 2.05) is 12.3 Å². The number of ether oxygens (including phenoxy) is 1. The molecule has 0 N–H and O–H groups in total. The van der Waals surface area contributed by atoms with Crippen molar-refractivity contribution in [3.05, 3.63) is 23.5 Å². The molecule has 0 saturated carbocycles. The quantitative estimate of drug-likeness (QED) is 0.604. The predicted molar refractivity (Wildman–Crippen MR) is 75.8 cm³/mol. The summed E-state index contributed by atoms with van der Waals surface area (Å²) in [5.41, 5.74) is 2.08. The maximum Gasteiger partial charge on any atom is 0.164 e. The summed E-state index contributed by atoms with van der Waals surface area (Å²) < 4.78 is 7.84. The average molecular weight is 265 g/mol. The minimum Gasteiger partial charge on any atom is -0.361 e. The summed E-state index contributed by atoms with van der Waals surface area (Å²) in [5.74, 6) is 0.289. The summed E-state index contributed by atoms with van der Waals surface area (Å²) in [5, 5.41) is 0. The number of carbonyl (C=O) groups excluding carboxylic acids is 1. The van der Waals surface area contributed by atoms with Gasteiger partial charge in [-0.05, 0) is 25.0 Å². The van der Waals surface area contributed by atoms with E-state index in [0.717, 1.165) is 25.0 Å². The first-order valence-electron chi connectivity index (χ1n) is 6.76. The number of Topliss-reactive ketones (excluding diaryl/α,β-unsaturated/α-hetero) is 1. The second-order valence-corrected chi connectivity index (χ2v) is 11.9. The fraction of sp³-hybridized carbons (Fsp3) is 0.643. The molecule has 0 atom stereocenters. The van der Waals surface area contributed by atoms with Gasteiger partial charge in [0, 0.05) is 38.6 Å². The first-order chi connectivity index (χ1) is 8.47. The Kier molecular flexibility index (Phi) is 4.07. The zero-order valence-electron chi connectivity index (χ0n) is 11.7. The number of carbonyl (C=O) groups is 1. The summed E-state index contributed by atoms with van der Waals surface area (Å²) >= 11 is 0. The first kappa shape index (κ1) is 13.6. The molecule has 0 unspecified atom stereocenters. The van der Waals surface area contributed by atoms with Crippen LogP contribution >= 0.6 is 0 Å². The Labute approximate surface area is 110 Å². The second kappa shape index (κ2) is 5.41. The Morgan fingerprint density at radius 1 is 1.33 bits per heavy atom. The lowest BCUT2D eigenvalue weighted by Gasteiger charge is -2.17. The van der Waals surface area contributed by atoms with Crippen molar-refractivity contribution in [3.8, 4) is 0 Å². The van der Waals surface area contributed by atoms with Crippen molar-refractivity contribution >= 4 is 13.9 Å². The van der Waals surface area contributed by atoms with Gasteiger partial charge in [0.2, 0.25) is 0 Å². The minimum absolute atomic E-state index is 0.289. The molecule has 0 fully saturated rings. The highest BCUT2D eigenvalue weighted by molar-refractivity contribution is 6.76. The number of nitrogens with zero attached hydrogens (tertiary/aromatic N) is 1. The van der Waals surface area contributed by atoms with Gasteiger partial charge in [-0.3, -0.25) is 4.79 Å². The summed E-state index contributed by atoms with van der Waals surface area (Å²) in [4.78, 5) is 11.7. The van der Waals surface area contributed by atoms with E-state index in [0.29, 0.717) is 13.2 Å². The van der Waals surface area contributed by atoms with E-state index in [2.05, 4.69) is 24.2 Å². The van der Waals surface area contributed by atoms with E-state index >= 15 is 0 Å². The Bertz CT molecular complexity index is 431. The van der Waals surface area contributed by atoms with Crippen LogP contribution < -0.4 is 0 Å². The molecule has 18 heavy (non-hydrogen) atoms. The standard InChI is InChI=1S/C14H23NO2Si/c1-18(2,3)10-9-17-11-15-8-7-12-13(15)5-4-6-14(12)16/h7-8H,4-6,9-11H2,1-3H3. The SMILES string of the molecule is C[Si](C)(C)CCOCn1ccc2c1CCCC2=O. The molecule has 1 aromatic rings. The van der Waals surface area contributed by atoms with Crippen LogP contribution in [-0.2, 0) is 17.9 Å². The Hall–Kier alpha value is -0.873. The van der Waals surface area contributed by atoms with Crippen molar-refractivity contribution in [2.45, 2.75) is 51.7 Å². The normalized spacial score (nSPS) is 15.8. The third-order valence-electron chi connectivity index (χ3n) is 3.42. The molecule has 0 aromatic carbocycles. The predicted octanol–water partition coefficient (Wildman–Crippen LogP) is 3.32. The third kappa shape index (κ3) is 3.33. The van der Waals surface area contributed by atoms with Crippen molar-refractivity contribution in [2.24, 2.45) is 0 Å². The molecular formula is C14H23NO2Si. The van der Waals surface area contributed by atoms with Crippen molar-refractivity contribution < 1.29 is 9.53 Å². The Morgan fingerprint density at radius 2 is 2.11 bits per heavy atom. The molecule has 0 radical (unpaired) electrons. The highest BCUT2D eigenvalue weighted by Crippen LogP contribution is 2.22. The van der Waals surface area contributed by atoms with Crippen LogP contribution in [0, 0.1) is 0 Å². The van der Waals surface area contributed by atoms with Gasteiger partial charge in [-0.15, -0.1) is 0 Å². The molecule has 1 aliphatic carbocycles. The van der Waals surface area contributed by atoms with E-state index < -0.39 is 8.07 Å². The summed E-state index contributed by atoms with van der Waals surface area (Å²) in [6.07, 6.45) is 4.67. The van der Waals surface area contributed by atoms with Gasteiger partial charge >= 0.3 is 0 Å². The van der Waals surface area contributed by atoms with E-state index in [-0.39, 0.29) is 5.78 Å². The molecule has 0 spiro atoms. The van der Waals surface area contributed by atoms with Gasteiger partial charge in [-0.25, -0.2) is 0 Å². The number of fused-ring (bicyclic) bond motifs is 1. The maximum atomic E-state index is 11.7. The van der Waals surface area contributed by atoms with Crippen molar-refractivity contribution in [1.29, 1.82) is 0 Å². The zero-order valence-corrected chi connectivity index (χ0v) is 12.7. The van der Waals surface area contributed by atoms with Gasteiger partial charge in [0.15, 0.2) is 5.78 Å². The molecule has 1 heterocycles. The van der Waals surface area contributed by atoms with Crippen LogP contribution in [0.3, 0.4) is 0 Å². The van der Waals surface area contributed by atoms with Crippen LogP contribution in [0.25, 0.3) is 0 Å². The lowest BCUT2D eigenvalue weighted by Crippen LogP contribution is -2.22. The first-order valence-corrected chi connectivity index (χ1v) is 10.5. The monoisotopic (exact) mass is 265 g/mol. The van der Waals surface area contributed by atoms with Crippen molar-refractivity contribution in [3.63, 3.8) is 0 Å². The zero-order chi connectivity index (χ0) is 13.2. The topological polar surface area (TPSA) is 31.2 Å². The van der Waals surface area contributed by atoms with Crippen LogP contribution in [0.1, 0.15) is 28.9 Å². The minimum atomic E-state index is -1.01. The van der Waals surface area contributed by atoms with Gasteiger partial charge < -0.3 is 9.30 Å². The summed E-state index contributed by atoms with van der Waals surface area (Å²) in [7, 11) is -1.01. The van der Waals surface area contributed by atoms with Crippen LogP contribution in [0.2, 0.25) is 25.7 Å². The molecule has 1 aromatic heterocycles. The Balaban J connectivity index is 1.89. The van der Waals surface area contributed by atoms with Gasteiger partial charge in [-0.2, -0.15) is 0 Å². The van der Waals surface area contributed by atoms with Crippen LogP contribution in [0.4, 0.5) is 0 Å². The van der Waals surface area contributed by atoms with E-state index in [1.165, 1.54) is 11.7 Å². The summed E-state index contributed by atoms with van der Waals surface area (Å²) in [6.45, 7) is 8.48. The second-order valence-electron chi connectivity index (χ2n) is 6.27. The number of hydrogen-bond donors (Lipinski definition) is 0. The van der Waals surface area contributed by atoms with Crippen LogP contribution in [0.5, 0.6) is 0 Å². The highest BCUT2D eigenvalue weighted by Gasteiger charge is 2.20. The fourth-order valence-electron chi connectivity index (χ4n) is 2.25. The van der Waals surface area contributed by atoms with Crippen molar-refractivity contribution in [2.75, 3.05) is 6.61 Å². The molecule has 3 nitrogen and oxygen atoms in total. The molecule has 1 aliphatic rings. The average Bonchev–Trinajstić information content (AvgIpc) is 2.68. The van der Waals surface area contributed by atoms with E-state index in [9.17, 15) is 4.79 Å². The van der Waals surface area contributed by atoms with Crippen molar-refractivity contribution in [1.82, 2.24) is 4.57 Å². The molecule has 0 saturated heterocycles. The largest absolute Gasteiger partial charge is 0.361 e. The lowest BCUT2D eigenvalue weighted by molar-refractivity contribution is 0.0844. The van der Waals surface area contributed by atoms with E-state index in [1.54, 1.807) is 0 Å². The highest BCUT2D eigenvalue weighted by atomic mass is 28.3. The number of rotatable bonds is 5. The van der Waals surface area contributed by atoms with Gasteiger partial charge in [-0.1, -0.05) is 19.6 Å². The fourth-order valence-corrected chi connectivity index (χ4v) is 3.01. The third-order valence-corrected chi connectivity index (χ3v) is 5.13. The maximum absolute atomic E-state index is 11.7. The molecule has 0 bridgehead atoms. The van der Waals surface area contributed by atoms with Gasteiger partial charge in [0.1, 0.15) is 6.73 Å². The van der Waals surface area contributed by atoms with Crippen LogP contribution in [0.15, 0.2) is 12.3 Å². The molecule has 0 amide bonds. The molecule has 2 rings (SSSR count). The lowest BCUT2D eigenvalue weighted by atomic mass is 9.97. The Morgan fingerprint density at radius 3 is 2.83 bits per heavy atom. The molecule has 100 valence electrons. The van der Waals surface area contributed by atoms with Gasteiger partial charge in [0.25, 0.3) is 0 Å². The summed E-state index contributed by atoms with van der Waals surface area (Å²) in [6, 6.07) is 3.13. The number of ketones is 1. The number of hydrogen-bond acceptors (Lipinski definition) is 2. The molecule has 4 heteroatoms. The number of aromatic nitrogens is 1. The smallest absolute Gasteiger partial charge is 0.164 e. The van der Waals surface area contributed by atoms with Crippen LogP contribution in [-0.4, -0.2) is 25.0 Å². The van der Waals surface area contributed by atoms with Gasteiger partial charge in [0.05, 0.1) is 0 Å². The van der Waals surface area contributed by atoms with E-state index in [4.69, 9.17) is 4.74 Å². The molecular weight excluding hydrogens is 242 g/mol.